The Morgan fingerprint density at radius 2 is 1.82 bits per heavy atom. The molecule has 1 aromatic rings. The van der Waals surface area contributed by atoms with E-state index in [0.29, 0.717) is 6.04 Å². The Kier molecular flexibility index (Phi) is 6.71. The summed E-state index contributed by atoms with van der Waals surface area (Å²) in [6, 6.07) is 11.0. The maximum atomic E-state index is 5.88. The van der Waals surface area contributed by atoms with E-state index in [0.717, 1.165) is 6.54 Å². The third kappa shape index (κ3) is 4.78. The molecule has 0 amide bonds. The molecule has 0 saturated heterocycles. The van der Waals surface area contributed by atoms with Crippen molar-refractivity contribution in [1.82, 2.24) is 0 Å². The highest BCUT2D eigenvalue weighted by Gasteiger charge is 2.12. The molecule has 1 atom stereocenters. The van der Waals surface area contributed by atoms with Crippen LogP contribution < -0.4 is 10.6 Å². The average molecular weight is 234 g/mol. The monoisotopic (exact) mass is 234 g/mol. The van der Waals surface area contributed by atoms with Crippen LogP contribution >= 0.6 is 0 Å². The van der Waals surface area contributed by atoms with Crippen LogP contribution in [0.1, 0.15) is 39.0 Å². The highest BCUT2D eigenvalue weighted by Crippen LogP contribution is 2.17. The normalized spacial score (nSPS) is 12.4. The van der Waals surface area contributed by atoms with Crippen molar-refractivity contribution in [2.45, 2.75) is 45.1 Å². The van der Waals surface area contributed by atoms with E-state index >= 15 is 0 Å². The number of nitrogens with zero attached hydrogens (tertiary/aromatic N) is 1. The minimum atomic E-state index is 0.467. The Morgan fingerprint density at radius 3 is 2.41 bits per heavy atom. The molecule has 2 heteroatoms. The van der Waals surface area contributed by atoms with Crippen LogP contribution in [0.2, 0.25) is 0 Å². The maximum absolute atomic E-state index is 5.88. The molecular weight excluding hydrogens is 208 g/mol. The summed E-state index contributed by atoms with van der Waals surface area (Å²) in [6.45, 7) is 2.98. The molecule has 96 valence electrons. The van der Waals surface area contributed by atoms with E-state index in [1.165, 1.54) is 37.8 Å². The first-order valence-electron chi connectivity index (χ1n) is 6.77. The van der Waals surface area contributed by atoms with Crippen LogP contribution in [0.25, 0.3) is 0 Å². The second-order valence-electron chi connectivity index (χ2n) is 4.69. The lowest BCUT2D eigenvalue weighted by Crippen LogP contribution is -2.37. The van der Waals surface area contributed by atoms with E-state index in [1.54, 1.807) is 0 Å². The zero-order valence-corrected chi connectivity index (χ0v) is 11.2. The zero-order valence-electron chi connectivity index (χ0n) is 11.2. The van der Waals surface area contributed by atoms with Gasteiger partial charge in [0.25, 0.3) is 0 Å². The van der Waals surface area contributed by atoms with E-state index < -0.39 is 0 Å². The number of hydrogen-bond donors (Lipinski definition) is 1. The van der Waals surface area contributed by atoms with Gasteiger partial charge in [0.2, 0.25) is 0 Å². The molecule has 0 fully saturated rings. The summed E-state index contributed by atoms with van der Waals surface area (Å²) in [4.78, 5) is 2.31. The van der Waals surface area contributed by atoms with Gasteiger partial charge in [-0.05, 0) is 18.6 Å². The van der Waals surface area contributed by atoms with Crippen LogP contribution in [0.15, 0.2) is 30.3 Å². The number of benzene rings is 1. The molecule has 0 aliphatic rings. The van der Waals surface area contributed by atoms with Crippen LogP contribution in [-0.2, 0) is 0 Å². The molecule has 0 aromatic heterocycles. The Morgan fingerprint density at radius 1 is 1.12 bits per heavy atom. The van der Waals surface area contributed by atoms with Gasteiger partial charge in [0.15, 0.2) is 0 Å². The number of para-hydroxylation sites is 1. The summed E-state index contributed by atoms with van der Waals surface area (Å²) >= 11 is 0. The molecule has 1 unspecified atom stereocenters. The lowest BCUT2D eigenvalue weighted by atomic mass is 10.1. The van der Waals surface area contributed by atoms with E-state index in [-0.39, 0.29) is 0 Å². The van der Waals surface area contributed by atoms with Gasteiger partial charge in [-0.25, -0.2) is 0 Å². The topological polar surface area (TPSA) is 29.3 Å². The molecular formula is C15H26N2. The van der Waals surface area contributed by atoms with Crippen LogP contribution in [0.5, 0.6) is 0 Å². The molecule has 2 N–H and O–H groups in total. The van der Waals surface area contributed by atoms with Crippen molar-refractivity contribution in [2.24, 2.45) is 5.73 Å². The number of nitrogens with two attached hydrogens (primary N) is 1. The number of anilines is 1. The van der Waals surface area contributed by atoms with Gasteiger partial charge in [-0.15, -0.1) is 0 Å². The quantitative estimate of drug-likeness (QED) is 0.698. The third-order valence-corrected chi connectivity index (χ3v) is 3.37. The van der Waals surface area contributed by atoms with Crippen LogP contribution in [0.3, 0.4) is 0 Å². The lowest BCUT2D eigenvalue weighted by Gasteiger charge is -2.29. The molecule has 2 nitrogen and oxygen atoms in total. The Balaban J connectivity index is 2.44. The molecule has 0 radical (unpaired) electrons. The molecule has 0 heterocycles. The van der Waals surface area contributed by atoms with E-state index in [4.69, 9.17) is 5.73 Å². The summed E-state index contributed by atoms with van der Waals surface area (Å²) < 4.78 is 0. The van der Waals surface area contributed by atoms with Crippen molar-refractivity contribution in [2.75, 3.05) is 18.5 Å². The zero-order chi connectivity index (χ0) is 12.5. The van der Waals surface area contributed by atoms with Gasteiger partial charge >= 0.3 is 0 Å². The first kappa shape index (κ1) is 14.0. The summed E-state index contributed by atoms with van der Waals surface area (Å²) in [5, 5.41) is 0. The summed E-state index contributed by atoms with van der Waals surface area (Å²) in [5.41, 5.74) is 7.15. The predicted octanol–water partition coefficient (Wildman–Crippen LogP) is 3.42. The van der Waals surface area contributed by atoms with Gasteiger partial charge in [0, 0.05) is 25.3 Å². The Bertz CT molecular complexity index is 284. The molecule has 0 aliphatic carbocycles. The number of likely N-dealkylation sites (N-methyl/N-ethyl adjacent to an activating group) is 1. The highest BCUT2D eigenvalue weighted by atomic mass is 15.1. The third-order valence-electron chi connectivity index (χ3n) is 3.37. The van der Waals surface area contributed by atoms with E-state index in [9.17, 15) is 0 Å². The fourth-order valence-corrected chi connectivity index (χ4v) is 2.15. The first-order chi connectivity index (χ1) is 8.29. The highest BCUT2D eigenvalue weighted by molar-refractivity contribution is 5.46. The van der Waals surface area contributed by atoms with Crippen molar-refractivity contribution in [1.29, 1.82) is 0 Å². The van der Waals surface area contributed by atoms with Crippen molar-refractivity contribution >= 4 is 5.69 Å². The van der Waals surface area contributed by atoms with Gasteiger partial charge in [-0.3, -0.25) is 0 Å². The molecule has 1 rings (SSSR count). The largest absolute Gasteiger partial charge is 0.370 e. The van der Waals surface area contributed by atoms with Crippen molar-refractivity contribution in [3.63, 3.8) is 0 Å². The number of unbranched alkanes of at least 4 members (excludes halogenated alkanes) is 3. The molecule has 0 saturated carbocycles. The van der Waals surface area contributed by atoms with E-state index in [1.807, 2.05) is 0 Å². The van der Waals surface area contributed by atoms with Crippen molar-refractivity contribution in [3.8, 4) is 0 Å². The molecule has 17 heavy (non-hydrogen) atoms. The maximum Gasteiger partial charge on any atom is 0.0409 e. The summed E-state index contributed by atoms with van der Waals surface area (Å²) in [6.07, 6.45) is 6.44. The summed E-state index contributed by atoms with van der Waals surface area (Å²) in [7, 11) is 2.15. The fraction of sp³-hybridized carbons (Fsp3) is 0.600. The summed E-state index contributed by atoms with van der Waals surface area (Å²) in [5.74, 6) is 0. The standard InChI is InChI=1S/C15H26N2/c1-3-4-5-7-12-15(13-16)17(2)14-10-8-6-9-11-14/h6,8-11,15H,3-5,7,12-13,16H2,1-2H3. The smallest absolute Gasteiger partial charge is 0.0409 e. The van der Waals surface area contributed by atoms with E-state index in [2.05, 4.69) is 49.2 Å². The van der Waals surface area contributed by atoms with Crippen molar-refractivity contribution in [3.05, 3.63) is 30.3 Å². The second kappa shape index (κ2) is 8.13. The molecule has 1 aromatic carbocycles. The Labute approximate surface area is 106 Å². The number of hydrogen-bond acceptors (Lipinski definition) is 2. The van der Waals surface area contributed by atoms with Crippen LogP contribution in [0.4, 0.5) is 5.69 Å². The van der Waals surface area contributed by atoms with Crippen molar-refractivity contribution < 1.29 is 0 Å². The first-order valence-corrected chi connectivity index (χ1v) is 6.77. The Hall–Kier alpha value is -1.02. The lowest BCUT2D eigenvalue weighted by molar-refractivity contribution is 0.535. The van der Waals surface area contributed by atoms with Gasteiger partial charge in [0.1, 0.15) is 0 Å². The second-order valence-corrected chi connectivity index (χ2v) is 4.69. The minimum absolute atomic E-state index is 0.467. The van der Waals surface area contributed by atoms with Gasteiger partial charge in [-0.2, -0.15) is 0 Å². The number of rotatable bonds is 8. The fourth-order valence-electron chi connectivity index (χ4n) is 2.15. The molecule has 0 aliphatic heterocycles. The van der Waals surface area contributed by atoms with Crippen LogP contribution in [0, 0.1) is 0 Å². The average Bonchev–Trinajstić information content (AvgIpc) is 2.39. The molecule has 0 spiro atoms. The van der Waals surface area contributed by atoms with Gasteiger partial charge in [0.05, 0.1) is 0 Å². The van der Waals surface area contributed by atoms with Gasteiger partial charge in [-0.1, -0.05) is 50.8 Å². The predicted molar refractivity (Wildman–Crippen MR) is 76.4 cm³/mol. The van der Waals surface area contributed by atoms with Gasteiger partial charge < -0.3 is 10.6 Å². The minimum Gasteiger partial charge on any atom is -0.370 e. The van der Waals surface area contributed by atoms with Crippen LogP contribution in [-0.4, -0.2) is 19.6 Å². The SMILES string of the molecule is CCCCCCC(CN)N(C)c1ccccc1. The molecule has 0 bridgehead atoms.